The summed E-state index contributed by atoms with van der Waals surface area (Å²) >= 11 is 0. The van der Waals surface area contributed by atoms with Gasteiger partial charge in [0, 0.05) is 12.6 Å². The molecule has 0 amide bonds. The molecule has 0 radical (unpaired) electrons. The lowest BCUT2D eigenvalue weighted by atomic mass is 10.3. The fourth-order valence-corrected chi connectivity index (χ4v) is 1.14. The van der Waals surface area contributed by atoms with Gasteiger partial charge in [-0.3, -0.25) is 0 Å². The molecule has 0 unspecified atom stereocenters. The van der Waals surface area contributed by atoms with Crippen LogP contribution in [0, 0.1) is 0 Å². The molecule has 1 heterocycles. The number of unbranched alkanes of at least 4 members (excludes halogenated alkanes) is 1. The van der Waals surface area contributed by atoms with Crippen molar-refractivity contribution in [2.75, 3.05) is 11.9 Å². The van der Waals surface area contributed by atoms with Crippen LogP contribution in [0.4, 0.5) is 5.82 Å². The minimum Gasteiger partial charge on any atom is -0.475 e. The first kappa shape index (κ1) is 11.8. The zero-order chi connectivity index (χ0) is 11.1. The van der Waals surface area contributed by atoms with Gasteiger partial charge in [-0.1, -0.05) is 13.3 Å². The number of rotatable bonds is 6. The monoisotopic (exact) mass is 209 g/mol. The van der Waals surface area contributed by atoms with Crippen molar-refractivity contribution in [1.82, 2.24) is 9.97 Å². The van der Waals surface area contributed by atoms with Crippen LogP contribution in [0.15, 0.2) is 12.4 Å². The third kappa shape index (κ3) is 4.63. The van der Waals surface area contributed by atoms with E-state index in [1.165, 1.54) is 12.7 Å². The number of nitrogens with one attached hydrogen (secondary N) is 1. The number of hydrogen-bond donors (Lipinski definition) is 1. The first-order valence-corrected chi connectivity index (χ1v) is 5.45. The second-order valence-corrected chi connectivity index (χ2v) is 3.69. The highest BCUT2D eigenvalue weighted by molar-refractivity contribution is 5.36. The Morgan fingerprint density at radius 3 is 2.87 bits per heavy atom. The van der Waals surface area contributed by atoms with Crippen LogP contribution in [0.2, 0.25) is 0 Å². The topological polar surface area (TPSA) is 47.0 Å². The van der Waals surface area contributed by atoms with Crippen LogP contribution in [0.1, 0.15) is 33.6 Å². The maximum Gasteiger partial charge on any atom is 0.218 e. The predicted octanol–water partition coefficient (Wildman–Crippen LogP) is 2.48. The fraction of sp³-hybridized carbons (Fsp3) is 0.636. The smallest absolute Gasteiger partial charge is 0.218 e. The van der Waals surface area contributed by atoms with Crippen LogP contribution in [0.25, 0.3) is 0 Å². The molecule has 0 aliphatic carbocycles. The summed E-state index contributed by atoms with van der Waals surface area (Å²) in [4.78, 5) is 8.15. The molecule has 0 aliphatic heterocycles. The minimum atomic E-state index is 0.142. The van der Waals surface area contributed by atoms with Crippen LogP contribution in [0.5, 0.6) is 5.88 Å². The van der Waals surface area contributed by atoms with Gasteiger partial charge in [-0.25, -0.2) is 9.97 Å². The van der Waals surface area contributed by atoms with Gasteiger partial charge in [0.15, 0.2) is 0 Å². The maximum atomic E-state index is 5.47. The Balaban J connectivity index is 2.50. The second kappa shape index (κ2) is 6.22. The minimum absolute atomic E-state index is 0.142. The Morgan fingerprint density at radius 2 is 2.20 bits per heavy atom. The van der Waals surface area contributed by atoms with Crippen molar-refractivity contribution < 1.29 is 4.74 Å². The van der Waals surface area contributed by atoms with Crippen molar-refractivity contribution in [2.24, 2.45) is 0 Å². The molecule has 0 bridgehead atoms. The summed E-state index contributed by atoms with van der Waals surface area (Å²) in [6.45, 7) is 7.06. The molecular weight excluding hydrogens is 190 g/mol. The van der Waals surface area contributed by atoms with E-state index < -0.39 is 0 Å². The first-order valence-electron chi connectivity index (χ1n) is 5.45. The number of ether oxygens (including phenoxy) is 1. The van der Waals surface area contributed by atoms with Gasteiger partial charge in [0.25, 0.3) is 0 Å². The molecule has 0 saturated heterocycles. The van der Waals surface area contributed by atoms with E-state index >= 15 is 0 Å². The third-order valence-corrected chi connectivity index (χ3v) is 1.83. The lowest BCUT2D eigenvalue weighted by Gasteiger charge is -2.09. The molecule has 1 aromatic rings. The van der Waals surface area contributed by atoms with Gasteiger partial charge >= 0.3 is 0 Å². The molecule has 0 aliphatic rings. The molecular formula is C11H19N3O. The summed E-state index contributed by atoms with van der Waals surface area (Å²) in [6.07, 6.45) is 3.98. The van der Waals surface area contributed by atoms with Crippen LogP contribution in [-0.4, -0.2) is 22.6 Å². The van der Waals surface area contributed by atoms with Gasteiger partial charge in [-0.2, -0.15) is 0 Å². The van der Waals surface area contributed by atoms with Crippen LogP contribution < -0.4 is 10.1 Å². The summed E-state index contributed by atoms with van der Waals surface area (Å²) in [5.41, 5.74) is 0. The Labute approximate surface area is 91.1 Å². The summed E-state index contributed by atoms with van der Waals surface area (Å²) in [6, 6.07) is 1.83. The van der Waals surface area contributed by atoms with E-state index in [4.69, 9.17) is 4.74 Å². The highest BCUT2D eigenvalue weighted by Gasteiger charge is 2.00. The lowest BCUT2D eigenvalue weighted by Crippen LogP contribution is -2.08. The SMILES string of the molecule is CCCCNc1cc(OC(C)C)ncn1. The maximum absolute atomic E-state index is 5.47. The molecule has 4 heteroatoms. The third-order valence-electron chi connectivity index (χ3n) is 1.83. The van der Waals surface area contributed by atoms with E-state index in [1.54, 1.807) is 0 Å². The normalized spacial score (nSPS) is 10.4. The van der Waals surface area contributed by atoms with Crippen molar-refractivity contribution in [2.45, 2.75) is 39.7 Å². The van der Waals surface area contributed by atoms with E-state index in [2.05, 4.69) is 22.2 Å². The van der Waals surface area contributed by atoms with Gasteiger partial charge < -0.3 is 10.1 Å². The molecule has 1 aromatic heterocycles. The molecule has 1 N–H and O–H groups in total. The molecule has 0 aromatic carbocycles. The molecule has 84 valence electrons. The Bertz CT molecular complexity index is 289. The Hall–Kier alpha value is -1.32. The average Bonchev–Trinajstić information content (AvgIpc) is 2.18. The summed E-state index contributed by atoms with van der Waals surface area (Å²) in [7, 11) is 0. The zero-order valence-electron chi connectivity index (χ0n) is 9.66. The van der Waals surface area contributed by atoms with Gasteiger partial charge in [-0.05, 0) is 20.3 Å². The Morgan fingerprint density at radius 1 is 1.40 bits per heavy atom. The van der Waals surface area contributed by atoms with Crippen molar-refractivity contribution in [3.05, 3.63) is 12.4 Å². The van der Waals surface area contributed by atoms with E-state index in [9.17, 15) is 0 Å². The van der Waals surface area contributed by atoms with E-state index in [1.807, 2.05) is 19.9 Å². The summed E-state index contributed by atoms with van der Waals surface area (Å²) < 4.78 is 5.47. The molecule has 15 heavy (non-hydrogen) atoms. The number of anilines is 1. The average molecular weight is 209 g/mol. The highest BCUT2D eigenvalue weighted by Crippen LogP contribution is 2.12. The van der Waals surface area contributed by atoms with Gasteiger partial charge in [0.05, 0.1) is 6.10 Å². The van der Waals surface area contributed by atoms with Gasteiger partial charge in [0.2, 0.25) is 5.88 Å². The molecule has 0 spiro atoms. The van der Waals surface area contributed by atoms with E-state index in [0.717, 1.165) is 18.8 Å². The summed E-state index contributed by atoms with van der Waals surface area (Å²) in [5.74, 6) is 1.45. The van der Waals surface area contributed by atoms with Gasteiger partial charge in [0.1, 0.15) is 12.1 Å². The van der Waals surface area contributed by atoms with E-state index in [0.29, 0.717) is 5.88 Å². The van der Waals surface area contributed by atoms with Crippen molar-refractivity contribution in [3.63, 3.8) is 0 Å². The van der Waals surface area contributed by atoms with Crippen LogP contribution in [0.3, 0.4) is 0 Å². The largest absolute Gasteiger partial charge is 0.475 e. The number of nitrogens with zero attached hydrogens (tertiary/aromatic N) is 2. The molecule has 0 saturated carbocycles. The van der Waals surface area contributed by atoms with E-state index in [-0.39, 0.29) is 6.10 Å². The molecule has 4 nitrogen and oxygen atoms in total. The fourth-order valence-electron chi connectivity index (χ4n) is 1.14. The quantitative estimate of drug-likeness (QED) is 0.731. The zero-order valence-corrected chi connectivity index (χ0v) is 9.66. The molecule has 1 rings (SSSR count). The lowest BCUT2D eigenvalue weighted by molar-refractivity contribution is 0.232. The Kier molecular flexibility index (Phi) is 4.87. The molecule has 0 fully saturated rings. The second-order valence-electron chi connectivity index (χ2n) is 3.69. The first-order chi connectivity index (χ1) is 7.22. The summed E-state index contributed by atoms with van der Waals surface area (Å²) in [5, 5.41) is 3.23. The van der Waals surface area contributed by atoms with Crippen LogP contribution >= 0.6 is 0 Å². The standard InChI is InChI=1S/C11H19N3O/c1-4-5-6-12-10-7-11(14-8-13-10)15-9(2)3/h7-9H,4-6H2,1-3H3,(H,12,13,14). The van der Waals surface area contributed by atoms with Crippen molar-refractivity contribution in [3.8, 4) is 5.88 Å². The van der Waals surface area contributed by atoms with Crippen LogP contribution in [-0.2, 0) is 0 Å². The number of hydrogen-bond acceptors (Lipinski definition) is 4. The number of aromatic nitrogens is 2. The highest BCUT2D eigenvalue weighted by atomic mass is 16.5. The predicted molar refractivity (Wildman–Crippen MR) is 61.2 cm³/mol. The van der Waals surface area contributed by atoms with Crippen molar-refractivity contribution >= 4 is 5.82 Å². The molecule has 0 atom stereocenters. The van der Waals surface area contributed by atoms with Gasteiger partial charge in [-0.15, -0.1) is 0 Å². The van der Waals surface area contributed by atoms with Crippen molar-refractivity contribution in [1.29, 1.82) is 0 Å².